The number of thiophene rings is 1. The molecule has 34 heavy (non-hydrogen) atoms. The van der Waals surface area contributed by atoms with Crippen LogP contribution >= 0.6 is 11.3 Å². The van der Waals surface area contributed by atoms with E-state index in [9.17, 15) is 4.79 Å². The van der Waals surface area contributed by atoms with Gasteiger partial charge in [-0.3, -0.25) is 0 Å². The van der Waals surface area contributed by atoms with Crippen molar-refractivity contribution in [1.29, 1.82) is 0 Å². The molecule has 0 aliphatic rings. The minimum Gasteiger partial charge on any atom is -0.457 e. The molecule has 2 aromatic heterocycles. The summed E-state index contributed by atoms with van der Waals surface area (Å²) in [6.07, 6.45) is 1.48. The molecule has 0 atom stereocenters. The standard InChI is InChI=1S/C26H21N5O2S/c1-16-22(23-24(27)28-15-29-25(23)34-16)17-7-9-18(10-8-17)30-26(32)31-19-11-13-21(14-12-19)33-20-5-3-2-4-6-20/h2-15H,1H3,(H2,27,28,29)(H2,30,31,32). The van der Waals surface area contributed by atoms with Crippen molar-refractivity contribution in [1.82, 2.24) is 9.97 Å². The second-order valence-corrected chi connectivity index (χ2v) is 8.77. The molecular formula is C26H21N5O2S. The Labute approximate surface area is 200 Å². The third-order valence-corrected chi connectivity index (χ3v) is 6.23. The molecule has 0 radical (unpaired) electrons. The van der Waals surface area contributed by atoms with Gasteiger partial charge in [0.15, 0.2) is 0 Å². The summed E-state index contributed by atoms with van der Waals surface area (Å²) in [6, 6.07) is 24.0. The first-order valence-electron chi connectivity index (χ1n) is 10.6. The molecule has 2 heterocycles. The molecule has 7 nitrogen and oxygen atoms in total. The highest BCUT2D eigenvalue weighted by atomic mass is 32.1. The third-order valence-electron chi connectivity index (χ3n) is 5.22. The number of ether oxygens (including phenoxy) is 1. The number of urea groups is 1. The van der Waals surface area contributed by atoms with Crippen LogP contribution in [0.5, 0.6) is 11.5 Å². The van der Waals surface area contributed by atoms with E-state index in [0.717, 1.165) is 32.0 Å². The van der Waals surface area contributed by atoms with Gasteiger partial charge in [0.2, 0.25) is 0 Å². The highest BCUT2D eigenvalue weighted by Gasteiger charge is 2.15. The summed E-state index contributed by atoms with van der Waals surface area (Å²) in [6.45, 7) is 2.04. The van der Waals surface area contributed by atoms with Gasteiger partial charge in [0, 0.05) is 21.8 Å². The quantitative estimate of drug-likeness (QED) is 0.267. The van der Waals surface area contributed by atoms with Gasteiger partial charge < -0.3 is 21.1 Å². The molecule has 5 aromatic rings. The Hall–Kier alpha value is -4.43. The Kier molecular flexibility index (Phi) is 5.80. The zero-order valence-corrected chi connectivity index (χ0v) is 19.1. The number of nitrogen functional groups attached to an aromatic ring is 1. The molecule has 0 bridgehead atoms. The van der Waals surface area contributed by atoms with E-state index in [1.807, 2.05) is 61.5 Å². The first kappa shape index (κ1) is 21.4. The Morgan fingerprint density at radius 1 is 0.853 bits per heavy atom. The van der Waals surface area contributed by atoms with Crippen LogP contribution in [0.3, 0.4) is 0 Å². The number of fused-ring (bicyclic) bond motifs is 1. The normalized spacial score (nSPS) is 10.7. The summed E-state index contributed by atoms with van der Waals surface area (Å²) in [5, 5.41) is 6.54. The van der Waals surface area contributed by atoms with Gasteiger partial charge in [-0.2, -0.15) is 0 Å². The number of carbonyl (C=O) groups is 1. The molecule has 5 rings (SSSR count). The van der Waals surface area contributed by atoms with Crippen LogP contribution in [0.4, 0.5) is 22.0 Å². The Morgan fingerprint density at radius 2 is 1.47 bits per heavy atom. The Balaban J connectivity index is 1.24. The van der Waals surface area contributed by atoms with Crippen LogP contribution in [0.25, 0.3) is 21.3 Å². The van der Waals surface area contributed by atoms with Gasteiger partial charge >= 0.3 is 6.03 Å². The van der Waals surface area contributed by atoms with Gasteiger partial charge in [-0.1, -0.05) is 30.3 Å². The van der Waals surface area contributed by atoms with E-state index in [4.69, 9.17) is 10.5 Å². The van der Waals surface area contributed by atoms with Crippen LogP contribution in [0.15, 0.2) is 85.2 Å². The molecule has 8 heteroatoms. The van der Waals surface area contributed by atoms with E-state index in [1.54, 1.807) is 35.6 Å². The number of hydrogen-bond donors (Lipinski definition) is 3. The Morgan fingerprint density at radius 3 is 2.15 bits per heavy atom. The number of amides is 2. The lowest BCUT2D eigenvalue weighted by molar-refractivity contribution is 0.262. The Bertz CT molecular complexity index is 1450. The fraction of sp³-hybridized carbons (Fsp3) is 0.0385. The van der Waals surface area contributed by atoms with Crippen molar-refractivity contribution in [3.63, 3.8) is 0 Å². The monoisotopic (exact) mass is 467 g/mol. The number of rotatable bonds is 5. The summed E-state index contributed by atoms with van der Waals surface area (Å²) >= 11 is 1.59. The molecule has 0 unspecified atom stereocenters. The summed E-state index contributed by atoms with van der Waals surface area (Å²) in [5.74, 6) is 1.91. The van der Waals surface area contributed by atoms with Crippen LogP contribution in [0.1, 0.15) is 4.88 Å². The van der Waals surface area contributed by atoms with Gasteiger partial charge in [0.1, 0.15) is 28.5 Å². The summed E-state index contributed by atoms with van der Waals surface area (Å²) in [4.78, 5) is 22.9. The molecule has 0 aliphatic heterocycles. The fourth-order valence-corrected chi connectivity index (χ4v) is 4.68. The minimum atomic E-state index is -0.334. The molecule has 0 aliphatic carbocycles. The number of benzene rings is 3. The number of carbonyl (C=O) groups excluding carboxylic acids is 1. The van der Waals surface area contributed by atoms with Crippen molar-refractivity contribution in [3.05, 3.63) is 90.1 Å². The van der Waals surface area contributed by atoms with E-state index in [-0.39, 0.29) is 6.03 Å². The third kappa shape index (κ3) is 4.53. The van der Waals surface area contributed by atoms with Crippen LogP contribution in [0.2, 0.25) is 0 Å². The first-order valence-corrected chi connectivity index (χ1v) is 11.4. The summed E-state index contributed by atoms with van der Waals surface area (Å²) < 4.78 is 5.78. The molecule has 168 valence electrons. The molecule has 2 amide bonds. The van der Waals surface area contributed by atoms with Gasteiger partial charge in [0.05, 0.1) is 5.39 Å². The maximum atomic E-state index is 12.5. The highest BCUT2D eigenvalue weighted by molar-refractivity contribution is 7.19. The molecule has 4 N–H and O–H groups in total. The lowest BCUT2D eigenvalue weighted by atomic mass is 10.0. The fourth-order valence-electron chi connectivity index (χ4n) is 3.66. The van der Waals surface area contributed by atoms with E-state index in [0.29, 0.717) is 22.9 Å². The van der Waals surface area contributed by atoms with Crippen molar-refractivity contribution in [2.45, 2.75) is 6.92 Å². The topological polar surface area (TPSA) is 102 Å². The number of anilines is 3. The molecule has 0 saturated heterocycles. The van der Waals surface area contributed by atoms with Crippen molar-refractivity contribution in [3.8, 4) is 22.6 Å². The zero-order valence-electron chi connectivity index (χ0n) is 18.3. The molecule has 0 saturated carbocycles. The van der Waals surface area contributed by atoms with Gasteiger partial charge in [-0.15, -0.1) is 11.3 Å². The SMILES string of the molecule is Cc1sc2ncnc(N)c2c1-c1ccc(NC(=O)Nc2ccc(Oc3ccccc3)cc2)cc1. The number of aromatic nitrogens is 2. The number of nitrogens with two attached hydrogens (primary N) is 1. The lowest BCUT2D eigenvalue weighted by Gasteiger charge is -2.10. The van der Waals surface area contributed by atoms with Crippen molar-refractivity contribution in [2.75, 3.05) is 16.4 Å². The van der Waals surface area contributed by atoms with Crippen molar-refractivity contribution < 1.29 is 9.53 Å². The number of aryl methyl sites for hydroxylation is 1. The van der Waals surface area contributed by atoms with Crippen LogP contribution in [-0.2, 0) is 0 Å². The molecule has 0 fully saturated rings. The molecule has 0 spiro atoms. The van der Waals surface area contributed by atoms with Gasteiger partial charge in [-0.25, -0.2) is 14.8 Å². The summed E-state index contributed by atoms with van der Waals surface area (Å²) in [5.41, 5.74) is 9.45. The maximum absolute atomic E-state index is 12.5. The molecule has 3 aromatic carbocycles. The number of hydrogen-bond acceptors (Lipinski definition) is 6. The average molecular weight is 468 g/mol. The van der Waals surface area contributed by atoms with Crippen molar-refractivity contribution in [2.24, 2.45) is 0 Å². The largest absolute Gasteiger partial charge is 0.457 e. The number of nitrogens with zero attached hydrogens (tertiary/aromatic N) is 2. The first-order chi connectivity index (χ1) is 16.6. The van der Waals surface area contributed by atoms with Crippen LogP contribution in [0, 0.1) is 6.92 Å². The predicted octanol–water partition coefficient (Wildman–Crippen LogP) is 6.69. The number of para-hydroxylation sites is 1. The van der Waals surface area contributed by atoms with E-state index >= 15 is 0 Å². The van der Waals surface area contributed by atoms with E-state index in [1.165, 1.54) is 6.33 Å². The minimum absolute atomic E-state index is 0.334. The summed E-state index contributed by atoms with van der Waals surface area (Å²) in [7, 11) is 0. The zero-order chi connectivity index (χ0) is 23.5. The number of nitrogens with one attached hydrogen (secondary N) is 2. The molecular weight excluding hydrogens is 446 g/mol. The van der Waals surface area contributed by atoms with Gasteiger partial charge in [-0.05, 0) is 61.0 Å². The van der Waals surface area contributed by atoms with Crippen LogP contribution < -0.4 is 21.1 Å². The van der Waals surface area contributed by atoms with E-state index < -0.39 is 0 Å². The predicted molar refractivity (Wildman–Crippen MR) is 138 cm³/mol. The average Bonchev–Trinajstić information content (AvgIpc) is 3.18. The smallest absolute Gasteiger partial charge is 0.323 e. The van der Waals surface area contributed by atoms with Crippen molar-refractivity contribution >= 4 is 44.8 Å². The maximum Gasteiger partial charge on any atom is 0.323 e. The van der Waals surface area contributed by atoms with E-state index in [2.05, 4.69) is 20.6 Å². The second-order valence-electron chi connectivity index (χ2n) is 7.57. The lowest BCUT2D eigenvalue weighted by Crippen LogP contribution is -2.19. The van der Waals surface area contributed by atoms with Gasteiger partial charge in [0.25, 0.3) is 0 Å². The van der Waals surface area contributed by atoms with Crippen LogP contribution in [-0.4, -0.2) is 16.0 Å². The highest BCUT2D eigenvalue weighted by Crippen LogP contribution is 2.39. The second kappa shape index (κ2) is 9.21.